The lowest BCUT2D eigenvalue weighted by atomic mass is 10.1. The Balaban J connectivity index is 2.05. The van der Waals surface area contributed by atoms with Crippen LogP contribution in [0.3, 0.4) is 0 Å². The molecule has 10 heteroatoms. The van der Waals surface area contributed by atoms with Gasteiger partial charge >= 0.3 is 6.09 Å². The van der Waals surface area contributed by atoms with Gasteiger partial charge in [0.05, 0.1) is 17.0 Å². The molecule has 1 aromatic rings. The molecule has 0 aromatic carbocycles. The van der Waals surface area contributed by atoms with Gasteiger partial charge in [0.2, 0.25) is 10.0 Å². The van der Waals surface area contributed by atoms with Crippen molar-refractivity contribution in [2.24, 2.45) is 0 Å². The summed E-state index contributed by atoms with van der Waals surface area (Å²) in [6.45, 7) is 5.76. The number of aromatic nitrogens is 1. The Kier molecular flexibility index (Phi) is 6.28. The third-order valence-electron chi connectivity index (χ3n) is 3.37. The number of ether oxygens (including phenoxy) is 2. The van der Waals surface area contributed by atoms with Crippen LogP contribution in [0.5, 0.6) is 0 Å². The minimum atomic E-state index is -3.36. The van der Waals surface area contributed by atoms with Crippen molar-refractivity contribution in [2.45, 2.75) is 56.9 Å². The van der Waals surface area contributed by atoms with Crippen LogP contribution in [-0.2, 0) is 19.5 Å². The van der Waals surface area contributed by atoms with Gasteiger partial charge in [0.15, 0.2) is 5.13 Å². The number of hydrogen-bond acceptors (Lipinski definition) is 7. The molecule has 1 amide bonds. The molecule has 1 aliphatic rings. The SMILES string of the molecule is COCCC(NC(=O)OC(C)(C)C)c1csc(NS(=O)(=O)C2CC2)n1. The van der Waals surface area contributed by atoms with Crippen molar-refractivity contribution in [1.29, 1.82) is 0 Å². The number of anilines is 1. The van der Waals surface area contributed by atoms with Crippen LogP contribution < -0.4 is 10.0 Å². The number of alkyl carbamates (subject to hydrolysis) is 1. The molecule has 0 aliphatic heterocycles. The maximum absolute atomic E-state index is 12.0. The lowest BCUT2D eigenvalue weighted by molar-refractivity contribution is 0.0491. The maximum atomic E-state index is 12.0. The monoisotopic (exact) mass is 391 g/mol. The van der Waals surface area contributed by atoms with Gasteiger partial charge in [-0.2, -0.15) is 0 Å². The van der Waals surface area contributed by atoms with E-state index in [-0.39, 0.29) is 5.25 Å². The van der Waals surface area contributed by atoms with Crippen LogP contribution in [0, 0.1) is 0 Å². The van der Waals surface area contributed by atoms with Crippen LogP contribution in [0.2, 0.25) is 0 Å². The molecule has 0 saturated heterocycles. The van der Waals surface area contributed by atoms with Crippen LogP contribution in [-0.4, -0.2) is 44.1 Å². The van der Waals surface area contributed by atoms with Crippen molar-refractivity contribution < 1.29 is 22.7 Å². The molecule has 0 spiro atoms. The Hall–Kier alpha value is -1.39. The average Bonchev–Trinajstić information content (AvgIpc) is 3.24. The number of nitrogens with one attached hydrogen (secondary N) is 2. The Labute approximate surface area is 152 Å². The standard InChI is InChI=1S/C15H25N3O5S2/c1-15(2,3)23-14(19)17-11(7-8-22-4)12-9-24-13(16-12)18-25(20,21)10-5-6-10/h9-11H,5-8H2,1-4H3,(H,16,18)(H,17,19). The number of methoxy groups -OCH3 is 1. The molecule has 1 atom stereocenters. The fraction of sp³-hybridized carbons (Fsp3) is 0.733. The largest absolute Gasteiger partial charge is 0.444 e. The molecule has 1 saturated carbocycles. The second-order valence-corrected chi connectivity index (χ2v) is 9.72. The topological polar surface area (TPSA) is 107 Å². The number of nitrogens with zero attached hydrogens (tertiary/aromatic N) is 1. The van der Waals surface area contributed by atoms with Crippen molar-refractivity contribution in [2.75, 3.05) is 18.4 Å². The quantitative estimate of drug-likeness (QED) is 0.705. The van der Waals surface area contributed by atoms with Crippen molar-refractivity contribution in [1.82, 2.24) is 10.3 Å². The lowest BCUT2D eigenvalue weighted by Crippen LogP contribution is -2.35. The van der Waals surface area contributed by atoms with E-state index < -0.39 is 27.8 Å². The van der Waals surface area contributed by atoms with E-state index in [4.69, 9.17) is 9.47 Å². The predicted molar refractivity (Wildman–Crippen MR) is 96.3 cm³/mol. The van der Waals surface area contributed by atoms with Crippen molar-refractivity contribution in [3.8, 4) is 0 Å². The molecule has 0 radical (unpaired) electrons. The number of rotatable bonds is 8. The fourth-order valence-electron chi connectivity index (χ4n) is 2.06. The summed E-state index contributed by atoms with van der Waals surface area (Å²) in [6.07, 6.45) is 1.31. The first-order valence-electron chi connectivity index (χ1n) is 8.06. The van der Waals surface area contributed by atoms with Crippen LogP contribution in [0.1, 0.15) is 51.8 Å². The molecular formula is C15H25N3O5S2. The highest BCUT2D eigenvalue weighted by molar-refractivity contribution is 7.93. The Morgan fingerprint density at radius 3 is 2.68 bits per heavy atom. The van der Waals surface area contributed by atoms with Gasteiger partial charge < -0.3 is 14.8 Å². The molecule has 8 nitrogen and oxygen atoms in total. The summed E-state index contributed by atoms with van der Waals surface area (Å²) in [4.78, 5) is 16.3. The van der Waals surface area contributed by atoms with E-state index in [1.54, 1.807) is 33.3 Å². The first-order valence-corrected chi connectivity index (χ1v) is 10.5. The summed E-state index contributed by atoms with van der Waals surface area (Å²) in [7, 11) is -1.79. The molecule has 1 heterocycles. The number of carbonyl (C=O) groups is 1. The zero-order valence-electron chi connectivity index (χ0n) is 14.9. The van der Waals surface area contributed by atoms with Gasteiger partial charge in [-0.05, 0) is 40.0 Å². The molecule has 1 aromatic heterocycles. The van der Waals surface area contributed by atoms with Crippen molar-refractivity contribution in [3.05, 3.63) is 11.1 Å². The predicted octanol–water partition coefficient (Wildman–Crippen LogP) is 2.65. The van der Waals surface area contributed by atoms with Crippen LogP contribution in [0.4, 0.5) is 9.93 Å². The summed E-state index contributed by atoms with van der Waals surface area (Å²) in [6, 6.07) is -0.426. The highest BCUT2D eigenvalue weighted by atomic mass is 32.2. The van der Waals surface area contributed by atoms with Crippen LogP contribution in [0.25, 0.3) is 0 Å². The minimum absolute atomic E-state index is 0.301. The van der Waals surface area contributed by atoms with Crippen molar-refractivity contribution in [3.63, 3.8) is 0 Å². The second-order valence-electron chi connectivity index (χ2n) is 6.90. The molecule has 142 valence electrons. The molecule has 1 unspecified atom stereocenters. The normalized spacial score (nSPS) is 16.3. The first-order chi connectivity index (χ1) is 11.6. The van der Waals surface area contributed by atoms with Gasteiger partial charge in [-0.3, -0.25) is 4.72 Å². The summed E-state index contributed by atoms with van der Waals surface area (Å²) < 4.78 is 36.8. The second kappa shape index (κ2) is 7.88. The summed E-state index contributed by atoms with van der Waals surface area (Å²) in [5.41, 5.74) is -0.0374. The Bertz CT molecular complexity index is 692. The van der Waals surface area contributed by atoms with Gasteiger partial charge in [-0.25, -0.2) is 18.2 Å². The molecule has 0 bridgehead atoms. The molecule has 1 fully saturated rings. The lowest BCUT2D eigenvalue weighted by Gasteiger charge is -2.22. The van der Waals surface area contributed by atoms with E-state index >= 15 is 0 Å². The average molecular weight is 392 g/mol. The van der Waals surface area contributed by atoms with Gasteiger partial charge in [-0.15, -0.1) is 11.3 Å². The maximum Gasteiger partial charge on any atom is 0.408 e. The summed E-state index contributed by atoms with van der Waals surface area (Å²) >= 11 is 1.19. The fourth-order valence-corrected chi connectivity index (χ4v) is 4.42. The van der Waals surface area contributed by atoms with E-state index in [0.717, 1.165) is 0 Å². The molecule has 25 heavy (non-hydrogen) atoms. The summed E-state index contributed by atoms with van der Waals surface area (Å²) in [5, 5.41) is 4.47. The zero-order valence-corrected chi connectivity index (χ0v) is 16.5. The highest BCUT2D eigenvalue weighted by Crippen LogP contribution is 2.31. The van der Waals surface area contributed by atoms with Crippen LogP contribution in [0.15, 0.2) is 5.38 Å². The number of hydrogen-bond donors (Lipinski definition) is 2. The van der Waals surface area contributed by atoms with E-state index in [0.29, 0.717) is 36.7 Å². The van der Waals surface area contributed by atoms with Gasteiger partial charge in [0.25, 0.3) is 0 Å². The number of amides is 1. The Morgan fingerprint density at radius 2 is 2.12 bits per heavy atom. The number of carbonyl (C=O) groups excluding carboxylic acids is 1. The zero-order chi connectivity index (χ0) is 18.7. The van der Waals surface area contributed by atoms with E-state index in [1.165, 1.54) is 11.3 Å². The van der Waals surface area contributed by atoms with Crippen molar-refractivity contribution >= 4 is 32.6 Å². The highest BCUT2D eigenvalue weighted by Gasteiger charge is 2.36. The van der Waals surface area contributed by atoms with Gasteiger partial charge in [-0.1, -0.05) is 0 Å². The van der Waals surface area contributed by atoms with E-state index in [2.05, 4.69) is 15.0 Å². The first kappa shape index (κ1) is 19.9. The van der Waals surface area contributed by atoms with Gasteiger partial charge in [0, 0.05) is 19.1 Å². The van der Waals surface area contributed by atoms with E-state index in [9.17, 15) is 13.2 Å². The molecular weight excluding hydrogens is 366 g/mol. The smallest absolute Gasteiger partial charge is 0.408 e. The Morgan fingerprint density at radius 1 is 1.44 bits per heavy atom. The molecule has 2 rings (SSSR count). The van der Waals surface area contributed by atoms with E-state index in [1.807, 2.05) is 0 Å². The third kappa shape index (κ3) is 6.44. The molecule has 2 N–H and O–H groups in total. The van der Waals surface area contributed by atoms with Crippen LogP contribution >= 0.6 is 11.3 Å². The molecule has 1 aliphatic carbocycles. The number of thiazole rings is 1. The number of sulfonamides is 1. The minimum Gasteiger partial charge on any atom is -0.444 e. The third-order valence-corrected chi connectivity index (χ3v) is 6.11. The summed E-state index contributed by atoms with van der Waals surface area (Å²) in [5.74, 6) is 0. The van der Waals surface area contributed by atoms with Gasteiger partial charge in [0.1, 0.15) is 5.60 Å².